The van der Waals surface area contributed by atoms with Crippen LogP contribution in [0.2, 0.25) is 10.0 Å². The number of halogens is 2. The molecule has 2 aromatic carbocycles. The van der Waals surface area contributed by atoms with Crippen molar-refractivity contribution in [1.29, 1.82) is 0 Å². The first-order chi connectivity index (χ1) is 12.0. The van der Waals surface area contributed by atoms with Gasteiger partial charge in [-0.15, -0.1) is 18.7 Å². The van der Waals surface area contributed by atoms with E-state index in [1.165, 1.54) is 4.90 Å². The summed E-state index contributed by atoms with van der Waals surface area (Å²) in [4.78, 5) is 26.8. The van der Waals surface area contributed by atoms with Gasteiger partial charge in [0, 0.05) is 10.0 Å². The van der Waals surface area contributed by atoms with Crippen LogP contribution in [0.3, 0.4) is 0 Å². The van der Waals surface area contributed by atoms with Crippen molar-refractivity contribution in [2.24, 2.45) is 0 Å². The minimum atomic E-state index is -0.477. The number of anilines is 1. The zero-order valence-corrected chi connectivity index (χ0v) is 18.1. The molecule has 0 saturated carbocycles. The molecule has 0 bridgehead atoms. The number of hydrogen-bond acceptors (Lipinski definition) is 2. The van der Waals surface area contributed by atoms with Gasteiger partial charge in [0.2, 0.25) is 0 Å². The number of urea groups is 1. The summed E-state index contributed by atoms with van der Waals surface area (Å²) in [7, 11) is 0. The quantitative estimate of drug-likeness (QED) is 0.385. The molecule has 8 heteroatoms. The van der Waals surface area contributed by atoms with E-state index >= 15 is 0 Å². The van der Waals surface area contributed by atoms with Gasteiger partial charge in [-0.25, -0.2) is 9.69 Å². The minimum absolute atomic E-state index is 0. The van der Waals surface area contributed by atoms with Crippen molar-refractivity contribution in [3.8, 4) is 0 Å². The Hall–Kier alpha value is -1.52. The van der Waals surface area contributed by atoms with Crippen LogP contribution in [-0.4, -0.2) is 36.1 Å². The molecule has 4 rings (SSSR count). The molecule has 134 valence electrons. The maximum atomic E-state index is 12.1. The maximum Gasteiger partial charge on any atom is 2.00 e. The van der Waals surface area contributed by atoms with Crippen LogP contribution in [0, 0.1) is 6.92 Å². The largest absolute Gasteiger partial charge is 2.00 e. The van der Waals surface area contributed by atoms with E-state index in [-0.39, 0.29) is 39.7 Å². The van der Waals surface area contributed by atoms with E-state index in [1.54, 1.807) is 18.2 Å². The molecule has 0 N–H and O–H groups in total. The van der Waals surface area contributed by atoms with Crippen molar-refractivity contribution >= 4 is 40.8 Å². The topological polar surface area (TPSA) is 54.7 Å². The molecule has 2 aromatic rings. The Bertz CT molecular complexity index is 762. The molecule has 1 atom stereocenters. The summed E-state index contributed by atoms with van der Waals surface area (Å²) in [6, 6.07) is 13.7. The van der Waals surface area contributed by atoms with Crippen LogP contribution < -0.4 is 4.90 Å². The van der Waals surface area contributed by atoms with E-state index in [0.29, 0.717) is 22.3 Å². The molecule has 0 spiro atoms. The molecule has 2 saturated heterocycles. The number of carbonyl (C=O) groups excluding carboxylic acids is 2. The number of rotatable bonds is 1. The monoisotopic (exact) mass is 559 g/mol. The molecule has 5 nitrogen and oxygen atoms in total. The van der Waals surface area contributed by atoms with Crippen molar-refractivity contribution in [3.63, 3.8) is 0 Å². The van der Waals surface area contributed by atoms with Crippen LogP contribution in [0.15, 0.2) is 48.5 Å². The predicted octanol–water partition coefficient (Wildman–Crippen LogP) is 4.34. The molecule has 0 radical (unpaired) electrons. The number of carbonyl (C=O) groups is 2. The Morgan fingerprint density at radius 1 is 1.04 bits per heavy atom. The second-order valence-electron chi connectivity index (χ2n) is 5.60. The molecule has 2 aliphatic rings. The van der Waals surface area contributed by atoms with Gasteiger partial charge in [-0.05, 0) is 18.2 Å². The van der Waals surface area contributed by atoms with E-state index in [1.807, 2.05) is 30.3 Å². The van der Waals surface area contributed by atoms with Gasteiger partial charge in [0.15, 0.2) is 0 Å². The van der Waals surface area contributed by atoms with Crippen LogP contribution in [-0.2, 0) is 25.9 Å². The van der Waals surface area contributed by atoms with Gasteiger partial charge in [0.1, 0.15) is 0 Å². The summed E-state index contributed by atoms with van der Waals surface area (Å²) >= 11 is 11.8. The van der Waals surface area contributed by atoms with E-state index in [0.717, 1.165) is 10.5 Å². The van der Waals surface area contributed by atoms with Crippen LogP contribution in [0.4, 0.5) is 10.5 Å². The number of hydrogen-bond donors (Lipinski definition) is 0. The normalized spacial score (nSPS) is 18.2. The van der Waals surface area contributed by atoms with Gasteiger partial charge in [-0.2, -0.15) is 24.6 Å². The fraction of sp³-hybridized carbons (Fsp3) is 0.167. The standard InChI is InChI=1S/C11H8Cl2N3O2.C7H7.W/c12-6-1-7(13)3-8(2-6)16-10(17)9-4-14-5-15(9)11(16)18;1-7-5-3-2-4-6-7;/h1-3,9H,4-5H2;2-6H,1H2;/q2*-1;+2. The Labute approximate surface area is 176 Å². The molecular formula is C18H15Cl2N3O2W. The second kappa shape index (κ2) is 8.92. The van der Waals surface area contributed by atoms with Crippen LogP contribution in [0.5, 0.6) is 0 Å². The Balaban J connectivity index is 0.000000258. The maximum absolute atomic E-state index is 12.1. The fourth-order valence-corrected chi connectivity index (χ4v) is 3.16. The summed E-state index contributed by atoms with van der Waals surface area (Å²) < 4.78 is 0. The van der Waals surface area contributed by atoms with Crippen LogP contribution >= 0.6 is 23.2 Å². The summed E-state index contributed by atoms with van der Waals surface area (Å²) in [5, 5.41) is 4.81. The average Bonchev–Trinajstić information content (AvgIpc) is 3.12. The molecule has 2 heterocycles. The van der Waals surface area contributed by atoms with Gasteiger partial charge in [-0.3, -0.25) is 4.79 Å². The third-order valence-electron chi connectivity index (χ3n) is 3.82. The van der Waals surface area contributed by atoms with E-state index in [4.69, 9.17) is 23.2 Å². The Kier molecular flexibility index (Phi) is 7.13. The van der Waals surface area contributed by atoms with Crippen molar-refractivity contribution < 1.29 is 30.7 Å². The number of imide groups is 1. The molecule has 0 aliphatic carbocycles. The fourth-order valence-electron chi connectivity index (χ4n) is 2.65. The molecule has 3 amide bonds. The van der Waals surface area contributed by atoms with Gasteiger partial charge in [-0.1, -0.05) is 35.9 Å². The van der Waals surface area contributed by atoms with Crippen LogP contribution in [0.25, 0.3) is 5.32 Å². The number of amides is 3. The van der Waals surface area contributed by atoms with Crippen molar-refractivity contribution in [3.05, 3.63) is 76.4 Å². The van der Waals surface area contributed by atoms with Crippen LogP contribution in [0.1, 0.15) is 5.56 Å². The molecule has 26 heavy (non-hydrogen) atoms. The van der Waals surface area contributed by atoms with Gasteiger partial charge in [0.25, 0.3) is 5.91 Å². The predicted molar refractivity (Wildman–Crippen MR) is 99.0 cm³/mol. The summed E-state index contributed by atoms with van der Waals surface area (Å²) in [6.07, 6.45) is 0. The third kappa shape index (κ3) is 4.41. The summed E-state index contributed by atoms with van der Waals surface area (Å²) in [5.41, 5.74) is 1.47. The third-order valence-corrected chi connectivity index (χ3v) is 4.26. The first kappa shape index (κ1) is 20.8. The van der Waals surface area contributed by atoms with E-state index < -0.39 is 6.04 Å². The zero-order valence-electron chi connectivity index (χ0n) is 13.6. The van der Waals surface area contributed by atoms with Crippen molar-refractivity contribution in [2.75, 3.05) is 18.1 Å². The molecule has 0 aromatic heterocycles. The smallest absolute Gasteiger partial charge is 0.643 e. The number of nitrogens with zero attached hydrogens (tertiary/aromatic N) is 3. The average molecular weight is 560 g/mol. The first-order valence-electron chi connectivity index (χ1n) is 7.58. The number of benzene rings is 2. The summed E-state index contributed by atoms with van der Waals surface area (Å²) in [5.74, 6) is -0.278. The molecule has 2 fully saturated rings. The molecular weight excluding hydrogens is 545 g/mol. The Morgan fingerprint density at radius 2 is 1.65 bits per heavy atom. The zero-order chi connectivity index (χ0) is 18.0. The molecule has 2 aliphatic heterocycles. The minimum Gasteiger partial charge on any atom is -0.643 e. The first-order valence-corrected chi connectivity index (χ1v) is 8.34. The van der Waals surface area contributed by atoms with Gasteiger partial charge >= 0.3 is 27.1 Å². The molecule has 1 unspecified atom stereocenters. The Morgan fingerprint density at radius 3 is 2.15 bits per heavy atom. The van der Waals surface area contributed by atoms with Gasteiger partial charge in [0.05, 0.1) is 11.7 Å². The van der Waals surface area contributed by atoms with E-state index in [2.05, 4.69) is 12.2 Å². The van der Waals surface area contributed by atoms with Gasteiger partial charge < -0.3 is 10.2 Å². The SMILES string of the molecule is O=C1C2C[N-]CN2C(=O)N1c1cc(Cl)cc(Cl)c1.[CH2-]c1ccccc1.[W+2]. The summed E-state index contributed by atoms with van der Waals surface area (Å²) in [6.45, 7) is 4.34. The van der Waals surface area contributed by atoms with Crippen molar-refractivity contribution in [1.82, 2.24) is 4.90 Å². The second-order valence-corrected chi connectivity index (χ2v) is 6.48. The number of fused-ring (bicyclic) bond motifs is 1. The van der Waals surface area contributed by atoms with Crippen molar-refractivity contribution in [2.45, 2.75) is 6.04 Å². The van der Waals surface area contributed by atoms with E-state index in [9.17, 15) is 9.59 Å².